The van der Waals surface area contributed by atoms with Gasteiger partial charge in [0.25, 0.3) is 0 Å². The monoisotopic (exact) mass is 625 g/mol. The molecule has 0 aliphatic carbocycles. The molecule has 3 heteroatoms. The Bertz CT molecular complexity index is 2550. The number of H-pyrrole nitrogens is 1. The van der Waals surface area contributed by atoms with Crippen molar-refractivity contribution < 1.29 is 0 Å². The summed E-state index contributed by atoms with van der Waals surface area (Å²) in [5.74, 6) is 0.703. The molecular weight excluding hydrogens is 595 g/mol. The highest BCUT2D eigenvalue weighted by Crippen LogP contribution is 2.34. The van der Waals surface area contributed by atoms with E-state index in [0.29, 0.717) is 5.82 Å². The van der Waals surface area contributed by atoms with Gasteiger partial charge in [-0.15, -0.1) is 0 Å². The molecule has 3 nitrogen and oxygen atoms in total. The molecule has 0 bridgehead atoms. The Morgan fingerprint density at radius 2 is 0.857 bits per heavy atom. The SMILES string of the molecule is c1c[nH]c(-c2ccc(-c3ccc(-c4cc(-c5cccc6ccccc56)nc(-c5ccc(-c6cccc7ccccc67)cc5)n4)cc3)cc2)c1. The van der Waals surface area contributed by atoms with Crippen molar-refractivity contribution in [3.8, 4) is 67.4 Å². The Morgan fingerprint density at radius 1 is 0.347 bits per heavy atom. The highest BCUT2D eigenvalue weighted by molar-refractivity contribution is 5.98. The number of fused-ring (bicyclic) bond motifs is 2. The summed E-state index contributed by atoms with van der Waals surface area (Å²) in [5.41, 5.74) is 11.9. The molecular formula is C46H31N3. The second-order valence-electron chi connectivity index (χ2n) is 12.3. The fraction of sp³-hybridized carbons (Fsp3) is 0. The fourth-order valence-electron chi connectivity index (χ4n) is 6.77. The molecule has 0 radical (unpaired) electrons. The van der Waals surface area contributed by atoms with Crippen molar-refractivity contribution in [3.63, 3.8) is 0 Å². The first-order chi connectivity index (χ1) is 24.3. The van der Waals surface area contributed by atoms with Gasteiger partial charge in [-0.3, -0.25) is 0 Å². The quantitative estimate of drug-likeness (QED) is 0.200. The lowest BCUT2D eigenvalue weighted by Crippen LogP contribution is -1.96. The third kappa shape index (κ3) is 5.48. The lowest BCUT2D eigenvalue weighted by atomic mass is 9.97. The molecule has 9 aromatic rings. The van der Waals surface area contributed by atoms with Gasteiger partial charge in [0.05, 0.1) is 11.4 Å². The number of aromatic amines is 1. The molecule has 0 fully saturated rings. The van der Waals surface area contributed by atoms with Gasteiger partial charge < -0.3 is 4.98 Å². The average molecular weight is 626 g/mol. The standard InChI is InChI=1S/C46H31N3/c1-3-12-39-33(8-1)10-5-14-40(39)35-21-27-38(28-22-35)46-48-44(30-45(49-46)42-15-6-11-34-9-2-4-13-41(34)42)37-25-19-32(20-26-37)31-17-23-36(24-18-31)43-16-7-29-47-43/h1-30,47H. The summed E-state index contributed by atoms with van der Waals surface area (Å²) in [5, 5.41) is 4.84. The van der Waals surface area contributed by atoms with Crippen molar-refractivity contribution in [2.45, 2.75) is 0 Å². The molecule has 230 valence electrons. The zero-order valence-corrected chi connectivity index (χ0v) is 26.7. The Hall–Kier alpha value is -6.58. The van der Waals surface area contributed by atoms with Crippen molar-refractivity contribution in [2.75, 3.05) is 0 Å². The van der Waals surface area contributed by atoms with Crippen molar-refractivity contribution >= 4 is 21.5 Å². The molecule has 49 heavy (non-hydrogen) atoms. The Morgan fingerprint density at radius 3 is 1.51 bits per heavy atom. The molecule has 7 aromatic carbocycles. The van der Waals surface area contributed by atoms with Crippen LogP contribution in [0.2, 0.25) is 0 Å². The van der Waals surface area contributed by atoms with E-state index in [-0.39, 0.29) is 0 Å². The summed E-state index contributed by atoms with van der Waals surface area (Å²) in [7, 11) is 0. The van der Waals surface area contributed by atoms with Gasteiger partial charge in [0.15, 0.2) is 5.82 Å². The Labute approximate surface area is 285 Å². The van der Waals surface area contributed by atoms with Crippen LogP contribution in [0.5, 0.6) is 0 Å². The summed E-state index contributed by atoms with van der Waals surface area (Å²) < 4.78 is 0. The maximum atomic E-state index is 5.18. The van der Waals surface area contributed by atoms with Gasteiger partial charge in [0.2, 0.25) is 0 Å². The van der Waals surface area contributed by atoms with Gasteiger partial charge in [-0.05, 0) is 67.6 Å². The van der Waals surface area contributed by atoms with E-state index in [4.69, 9.17) is 9.97 Å². The zero-order valence-electron chi connectivity index (χ0n) is 26.7. The molecule has 0 unspecified atom stereocenters. The zero-order chi connectivity index (χ0) is 32.6. The van der Waals surface area contributed by atoms with Gasteiger partial charge in [0, 0.05) is 28.6 Å². The molecule has 2 heterocycles. The summed E-state index contributed by atoms with van der Waals surface area (Å²) in [6.45, 7) is 0. The van der Waals surface area contributed by atoms with E-state index < -0.39 is 0 Å². The van der Waals surface area contributed by atoms with Crippen LogP contribution in [-0.2, 0) is 0 Å². The first kappa shape index (κ1) is 28.6. The Kier molecular flexibility index (Phi) is 7.14. The highest BCUT2D eigenvalue weighted by atomic mass is 14.9. The van der Waals surface area contributed by atoms with Crippen LogP contribution in [0.4, 0.5) is 0 Å². The third-order valence-electron chi connectivity index (χ3n) is 9.34. The second kappa shape index (κ2) is 12.2. The number of nitrogens with zero attached hydrogens (tertiary/aromatic N) is 2. The number of rotatable bonds is 6. The van der Waals surface area contributed by atoms with Gasteiger partial charge in [-0.1, -0.05) is 158 Å². The topological polar surface area (TPSA) is 41.6 Å². The van der Waals surface area contributed by atoms with Gasteiger partial charge in [-0.2, -0.15) is 0 Å². The largest absolute Gasteiger partial charge is 0.361 e. The minimum absolute atomic E-state index is 0.703. The van der Waals surface area contributed by atoms with Crippen LogP contribution in [0.1, 0.15) is 0 Å². The van der Waals surface area contributed by atoms with Crippen LogP contribution in [0, 0.1) is 0 Å². The molecule has 0 spiro atoms. The van der Waals surface area contributed by atoms with Crippen molar-refractivity contribution in [2.24, 2.45) is 0 Å². The number of hydrogen-bond acceptors (Lipinski definition) is 2. The fourth-order valence-corrected chi connectivity index (χ4v) is 6.77. The van der Waals surface area contributed by atoms with Gasteiger partial charge >= 0.3 is 0 Å². The van der Waals surface area contributed by atoms with E-state index in [1.807, 2.05) is 12.3 Å². The third-order valence-corrected chi connectivity index (χ3v) is 9.34. The smallest absolute Gasteiger partial charge is 0.160 e. The number of nitrogens with one attached hydrogen (secondary N) is 1. The average Bonchev–Trinajstić information content (AvgIpc) is 3.73. The van der Waals surface area contributed by atoms with Crippen molar-refractivity contribution in [3.05, 3.63) is 182 Å². The maximum Gasteiger partial charge on any atom is 0.160 e. The molecule has 0 atom stereocenters. The molecule has 0 amide bonds. The first-order valence-electron chi connectivity index (χ1n) is 16.6. The van der Waals surface area contributed by atoms with Crippen LogP contribution >= 0.6 is 0 Å². The number of aromatic nitrogens is 3. The summed E-state index contributed by atoms with van der Waals surface area (Å²) in [4.78, 5) is 13.6. The summed E-state index contributed by atoms with van der Waals surface area (Å²) >= 11 is 0. The number of benzene rings is 7. The van der Waals surface area contributed by atoms with Crippen LogP contribution in [0.25, 0.3) is 89.0 Å². The lowest BCUT2D eigenvalue weighted by Gasteiger charge is -2.12. The van der Waals surface area contributed by atoms with E-state index in [0.717, 1.165) is 39.3 Å². The molecule has 2 aromatic heterocycles. The molecule has 1 N–H and O–H groups in total. The first-order valence-corrected chi connectivity index (χ1v) is 16.6. The maximum absolute atomic E-state index is 5.18. The van der Waals surface area contributed by atoms with Crippen molar-refractivity contribution in [1.82, 2.24) is 15.0 Å². The minimum atomic E-state index is 0.703. The molecule has 0 aliphatic rings. The van der Waals surface area contributed by atoms with E-state index in [1.54, 1.807) is 0 Å². The van der Waals surface area contributed by atoms with E-state index in [1.165, 1.54) is 43.8 Å². The predicted octanol–water partition coefficient (Wildman–Crippen LogP) is 12.1. The van der Waals surface area contributed by atoms with Gasteiger partial charge in [0.1, 0.15) is 0 Å². The van der Waals surface area contributed by atoms with E-state index in [2.05, 4.69) is 175 Å². The van der Waals surface area contributed by atoms with E-state index in [9.17, 15) is 0 Å². The van der Waals surface area contributed by atoms with Gasteiger partial charge in [-0.25, -0.2) is 9.97 Å². The van der Waals surface area contributed by atoms with Crippen LogP contribution in [0.15, 0.2) is 182 Å². The second-order valence-corrected chi connectivity index (χ2v) is 12.3. The lowest BCUT2D eigenvalue weighted by molar-refractivity contribution is 1.18. The molecule has 0 saturated heterocycles. The molecule has 0 saturated carbocycles. The summed E-state index contributed by atoms with van der Waals surface area (Å²) in [6, 6.07) is 62.1. The minimum Gasteiger partial charge on any atom is -0.361 e. The highest BCUT2D eigenvalue weighted by Gasteiger charge is 2.14. The predicted molar refractivity (Wildman–Crippen MR) is 204 cm³/mol. The van der Waals surface area contributed by atoms with E-state index >= 15 is 0 Å². The normalized spacial score (nSPS) is 11.3. The van der Waals surface area contributed by atoms with Crippen molar-refractivity contribution in [1.29, 1.82) is 0 Å². The molecule has 0 aliphatic heterocycles. The van der Waals surface area contributed by atoms with Crippen LogP contribution in [0.3, 0.4) is 0 Å². The van der Waals surface area contributed by atoms with Crippen LogP contribution < -0.4 is 0 Å². The Balaban J connectivity index is 1.11. The summed E-state index contributed by atoms with van der Waals surface area (Å²) in [6.07, 6.45) is 1.95. The molecule has 9 rings (SSSR count). The number of hydrogen-bond donors (Lipinski definition) is 1. The van der Waals surface area contributed by atoms with Crippen LogP contribution in [-0.4, -0.2) is 15.0 Å².